The summed E-state index contributed by atoms with van der Waals surface area (Å²) in [6.45, 7) is 7.44. The molecule has 1 aliphatic heterocycles. The largest absolute Gasteiger partial charge is 0.455 e. The first kappa shape index (κ1) is 13.5. The van der Waals surface area contributed by atoms with E-state index in [9.17, 15) is 0 Å². The van der Waals surface area contributed by atoms with E-state index >= 15 is 0 Å². The lowest BCUT2D eigenvalue weighted by Gasteiger charge is -2.22. The predicted octanol–water partition coefficient (Wildman–Crippen LogP) is 6.80. The van der Waals surface area contributed by atoms with E-state index < -0.39 is 0 Å². The second-order valence-corrected chi connectivity index (χ2v) is 6.56. The fourth-order valence-corrected chi connectivity index (χ4v) is 4.10. The molecular weight excluding hydrogens is 320 g/mol. The third-order valence-corrected chi connectivity index (χ3v) is 5.23. The average molecular weight is 332 g/mol. The van der Waals surface area contributed by atoms with Gasteiger partial charge in [0, 0.05) is 21.9 Å². The summed E-state index contributed by atoms with van der Waals surface area (Å²) in [6.07, 6.45) is 0. The number of rotatable bonds is 0. The van der Waals surface area contributed by atoms with Crippen LogP contribution >= 0.6 is 0 Å². The highest BCUT2D eigenvalue weighted by Crippen LogP contribution is 2.51. The standard InChI is InChI=1S/C23H12N2O/c1-24-17-11-12-20-21-13(6-4-7-15(17)21)14-9-10-19-22(23(14)26-20)16-5-2-3-8-18(16)25-19/h2-12,25H. The van der Waals surface area contributed by atoms with Crippen molar-refractivity contribution < 1.29 is 4.74 Å². The molecule has 0 saturated carbocycles. The summed E-state index contributed by atoms with van der Waals surface area (Å²) in [7, 11) is 0. The number of aromatic amines is 1. The molecule has 6 rings (SSSR count). The van der Waals surface area contributed by atoms with E-state index in [0.717, 1.165) is 55.2 Å². The van der Waals surface area contributed by atoms with Crippen LogP contribution in [0.2, 0.25) is 0 Å². The van der Waals surface area contributed by atoms with Gasteiger partial charge in [-0.2, -0.15) is 0 Å². The van der Waals surface area contributed by atoms with Gasteiger partial charge in [-0.15, -0.1) is 0 Å². The van der Waals surface area contributed by atoms with Gasteiger partial charge in [-0.1, -0.05) is 42.5 Å². The maximum atomic E-state index is 7.44. The predicted molar refractivity (Wildman–Crippen MR) is 105 cm³/mol. The Bertz CT molecular complexity index is 1420. The van der Waals surface area contributed by atoms with E-state index in [0.29, 0.717) is 5.69 Å². The summed E-state index contributed by atoms with van der Waals surface area (Å²) in [5.41, 5.74) is 5.02. The lowest BCUT2D eigenvalue weighted by atomic mass is 9.92. The minimum Gasteiger partial charge on any atom is -0.455 e. The molecule has 0 amide bonds. The van der Waals surface area contributed by atoms with Crippen LogP contribution in [0.15, 0.2) is 66.7 Å². The third kappa shape index (κ3) is 1.56. The first-order valence-corrected chi connectivity index (χ1v) is 8.50. The normalized spacial score (nSPS) is 12.1. The van der Waals surface area contributed by atoms with Crippen molar-refractivity contribution in [1.29, 1.82) is 0 Å². The lowest BCUT2D eigenvalue weighted by Crippen LogP contribution is -1.97. The number of aromatic nitrogens is 1. The SMILES string of the molecule is [C-]#[N+]c1ccc2c3c(cccc13)-c1ccc3[nH]c4ccccc4c3c1O2. The highest BCUT2D eigenvalue weighted by molar-refractivity contribution is 6.16. The summed E-state index contributed by atoms with van der Waals surface area (Å²) >= 11 is 0. The molecule has 0 unspecified atom stereocenters. The minimum atomic E-state index is 0.658. The molecule has 0 aliphatic carbocycles. The Kier molecular flexibility index (Phi) is 2.42. The van der Waals surface area contributed by atoms with Crippen molar-refractivity contribution >= 4 is 38.3 Å². The Hall–Kier alpha value is -3.77. The molecule has 0 spiro atoms. The lowest BCUT2D eigenvalue weighted by molar-refractivity contribution is 0.493. The monoisotopic (exact) mass is 332 g/mol. The van der Waals surface area contributed by atoms with Crippen molar-refractivity contribution in [1.82, 2.24) is 4.98 Å². The van der Waals surface area contributed by atoms with Crippen LogP contribution < -0.4 is 4.74 Å². The number of benzene rings is 4. The van der Waals surface area contributed by atoms with Crippen LogP contribution in [0.1, 0.15) is 0 Å². The molecule has 120 valence electrons. The van der Waals surface area contributed by atoms with Gasteiger partial charge in [0.05, 0.1) is 17.5 Å². The molecule has 0 bridgehead atoms. The Morgan fingerprint density at radius 3 is 2.54 bits per heavy atom. The molecule has 3 nitrogen and oxygen atoms in total. The van der Waals surface area contributed by atoms with Gasteiger partial charge in [-0.3, -0.25) is 0 Å². The van der Waals surface area contributed by atoms with E-state index in [1.165, 1.54) is 0 Å². The van der Waals surface area contributed by atoms with Crippen LogP contribution in [0.5, 0.6) is 11.5 Å². The smallest absolute Gasteiger partial charge is 0.195 e. The summed E-state index contributed by atoms with van der Waals surface area (Å²) in [4.78, 5) is 7.14. The summed E-state index contributed by atoms with van der Waals surface area (Å²) < 4.78 is 6.41. The molecule has 0 radical (unpaired) electrons. The van der Waals surface area contributed by atoms with Crippen molar-refractivity contribution in [3.8, 4) is 22.6 Å². The molecule has 1 aromatic heterocycles. The number of nitrogens with one attached hydrogen (secondary N) is 1. The highest BCUT2D eigenvalue weighted by atomic mass is 16.5. The van der Waals surface area contributed by atoms with Crippen molar-refractivity contribution in [3.63, 3.8) is 0 Å². The van der Waals surface area contributed by atoms with E-state index in [-0.39, 0.29) is 0 Å². The molecule has 26 heavy (non-hydrogen) atoms. The van der Waals surface area contributed by atoms with Gasteiger partial charge in [0.25, 0.3) is 0 Å². The van der Waals surface area contributed by atoms with Gasteiger partial charge >= 0.3 is 0 Å². The summed E-state index contributed by atoms with van der Waals surface area (Å²) in [5, 5.41) is 4.23. The number of ether oxygens (including phenoxy) is 1. The summed E-state index contributed by atoms with van der Waals surface area (Å²) in [5.74, 6) is 1.70. The van der Waals surface area contributed by atoms with Gasteiger partial charge in [0.2, 0.25) is 0 Å². The number of nitrogens with zero attached hydrogens (tertiary/aromatic N) is 1. The number of H-pyrrole nitrogens is 1. The Labute approximate surface area is 149 Å². The Balaban J connectivity index is 1.80. The van der Waals surface area contributed by atoms with Crippen molar-refractivity contribution in [2.75, 3.05) is 0 Å². The zero-order valence-electron chi connectivity index (χ0n) is 13.7. The minimum absolute atomic E-state index is 0.658. The molecule has 5 aromatic rings. The molecule has 1 N–H and O–H groups in total. The van der Waals surface area contributed by atoms with Crippen LogP contribution in [-0.2, 0) is 0 Å². The molecule has 0 saturated heterocycles. The fourth-order valence-electron chi connectivity index (χ4n) is 4.10. The zero-order valence-corrected chi connectivity index (χ0v) is 13.7. The number of fused-ring (bicyclic) bond motifs is 6. The zero-order chi connectivity index (χ0) is 17.3. The van der Waals surface area contributed by atoms with Crippen LogP contribution in [0.4, 0.5) is 5.69 Å². The molecule has 3 heteroatoms. The molecule has 0 fully saturated rings. The van der Waals surface area contributed by atoms with Crippen molar-refractivity contribution in [3.05, 3.63) is 78.1 Å². The van der Waals surface area contributed by atoms with Gasteiger partial charge < -0.3 is 9.72 Å². The number of para-hydroxylation sites is 1. The second kappa shape index (κ2) is 4.65. The molecular formula is C23H12N2O. The molecule has 2 heterocycles. The number of hydrogen-bond donors (Lipinski definition) is 1. The van der Waals surface area contributed by atoms with E-state index in [1.807, 2.05) is 30.3 Å². The van der Waals surface area contributed by atoms with Gasteiger partial charge in [0.1, 0.15) is 11.5 Å². The Morgan fingerprint density at radius 2 is 1.62 bits per heavy atom. The van der Waals surface area contributed by atoms with E-state index in [2.05, 4.69) is 46.2 Å². The Morgan fingerprint density at radius 1 is 0.731 bits per heavy atom. The van der Waals surface area contributed by atoms with Crippen LogP contribution in [0.25, 0.3) is 48.6 Å². The van der Waals surface area contributed by atoms with Gasteiger partial charge in [-0.25, -0.2) is 4.85 Å². The van der Waals surface area contributed by atoms with Crippen LogP contribution in [-0.4, -0.2) is 4.98 Å². The van der Waals surface area contributed by atoms with E-state index in [1.54, 1.807) is 0 Å². The van der Waals surface area contributed by atoms with Crippen molar-refractivity contribution in [2.45, 2.75) is 0 Å². The quantitative estimate of drug-likeness (QED) is 0.305. The van der Waals surface area contributed by atoms with E-state index in [4.69, 9.17) is 11.3 Å². The topological polar surface area (TPSA) is 29.4 Å². The van der Waals surface area contributed by atoms with Gasteiger partial charge in [0.15, 0.2) is 5.69 Å². The van der Waals surface area contributed by atoms with Crippen LogP contribution in [0, 0.1) is 6.57 Å². The highest BCUT2D eigenvalue weighted by Gasteiger charge is 2.24. The first-order chi connectivity index (χ1) is 12.8. The van der Waals surface area contributed by atoms with Crippen molar-refractivity contribution in [2.24, 2.45) is 0 Å². The first-order valence-electron chi connectivity index (χ1n) is 8.50. The second-order valence-electron chi connectivity index (χ2n) is 6.56. The maximum Gasteiger partial charge on any atom is 0.195 e. The number of hydrogen-bond acceptors (Lipinski definition) is 1. The van der Waals surface area contributed by atoms with Gasteiger partial charge in [-0.05, 0) is 35.2 Å². The summed E-state index contributed by atoms with van der Waals surface area (Å²) in [6, 6.07) is 22.4. The fraction of sp³-hybridized carbons (Fsp3) is 0. The third-order valence-electron chi connectivity index (χ3n) is 5.23. The molecule has 4 aromatic carbocycles. The van der Waals surface area contributed by atoms with Crippen LogP contribution in [0.3, 0.4) is 0 Å². The molecule has 1 aliphatic rings. The maximum absolute atomic E-state index is 7.44. The molecule has 0 atom stereocenters. The average Bonchev–Trinajstić information content (AvgIpc) is 3.07.